The molecule has 0 bridgehead atoms. The number of hydrogen-bond acceptors (Lipinski definition) is 2. The van der Waals surface area contributed by atoms with Gasteiger partial charge in [0, 0.05) is 17.7 Å². The zero-order valence-corrected chi connectivity index (χ0v) is 10.4. The van der Waals surface area contributed by atoms with Gasteiger partial charge >= 0.3 is 5.97 Å². The standard InChI is InChI=1S/C13H17F2NO2/c1-3-4-12(13(17)18)16-8(2)10-6-5-9(14)7-11(10)15/h5-8,12,16H,3-4H2,1-2H3,(H,17,18). The molecule has 3 nitrogen and oxygen atoms in total. The summed E-state index contributed by atoms with van der Waals surface area (Å²) in [5.41, 5.74) is 0.263. The van der Waals surface area contributed by atoms with Crippen molar-refractivity contribution in [2.75, 3.05) is 0 Å². The number of carbonyl (C=O) groups is 1. The van der Waals surface area contributed by atoms with Gasteiger partial charge in [0.1, 0.15) is 17.7 Å². The van der Waals surface area contributed by atoms with Crippen molar-refractivity contribution in [3.05, 3.63) is 35.4 Å². The quantitative estimate of drug-likeness (QED) is 0.823. The normalized spacial score (nSPS) is 14.2. The minimum Gasteiger partial charge on any atom is -0.480 e. The Kier molecular flexibility index (Phi) is 5.22. The second-order valence-electron chi connectivity index (χ2n) is 4.23. The van der Waals surface area contributed by atoms with E-state index in [1.807, 2.05) is 6.92 Å². The van der Waals surface area contributed by atoms with Crippen molar-refractivity contribution in [2.45, 2.75) is 38.8 Å². The molecule has 2 atom stereocenters. The van der Waals surface area contributed by atoms with E-state index in [-0.39, 0.29) is 5.56 Å². The van der Waals surface area contributed by atoms with Crippen LogP contribution in [0.4, 0.5) is 8.78 Å². The largest absolute Gasteiger partial charge is 0.480 e. The van der Waals surface area contributed by atoms with Crippen LogP contribution < -0.4 is 5.32 Å². The van der Waals surface area contributed by atoms with Gasteiger partial charge in [-0.05, 0) is 19.4 Å². The Bertz CT molecular complexity index is 423. The van der Waals surface area contributed by atoms with Gasteiger partial charge in [0.05, 0.1) is 0 Å². The topological polar surface area (TPSA) is 49.3 Å². The highest BCUT2D eigenvalue weighted by Gasteiger charge is 2.20. The summed E-state index contributed by atoms with van der Waals surface area (Å²) in [4.78, 5) is 11.0. The zero-order chi connectivity index (χ0) is 13.7. The van der Waals surface area contributed by atoms with E-state index in [4.69, 9.17) is 5.11 Å². The summed E-state index contributed by atoms with van der Waals surface area (Å²) in [7, 11) is 0. The van der Waals surface area contributed by atoms with Crippen LogP contribution in [0, 0.1) is 11.6 Å². The first kappa shape index (κ1) is 14.6. The lowest BCUT2D eigenvalue weighted by molar-refractivity contribution is -0.139. The number of nitrogens with one attached hydrogen (secondary N) is 1. The Labute approximate surface area is 105 Å². The number of benzene rings is 1. The molecule has 2 unspecified atom stereocenters. The van der Waals surface area contributed by atoms with Crippen molar-refractivity contribution in [3.8, 4) is 0 Å². The van der Waals surface area contributed by atoms with Gasteiger partial charge in [-0.15, -0.1) is 0 Å². The predicted molar refractivity (Wildman–Crippen MR) is 64.2 cm³/mol. The molecular formula is C13H17F2NO2. The Morgan fingerprint density at radius 1 is 1.44 bits per heavy atom. The van der Waals surface area contributed by atoms with Crippen LogP contribution in [0.15, 0.2) is 18.2 Å². The Hall–Kier alpha value is -1.49. The molecule has 0 amide bonds. The highest BCUT2D eigenvalue weighted by atomic mass is 19.1. The SMILES string of the molecule is CCCC(NC(C)c1ccc(F)cc1F)C(=O)O. The lowest BCUT2D eigenvalue weighted by Gasteiger charge is -2.20. The van der Waals surface area contributed by atoms with E-state index in [1.165, 1.54) is 6.07 Å². The molecule has 0 radical (unpaired) electrons. The maximum atomic E-state index is 13.5. The van der Waals surface area contributed by atoms with Gasteiger partial charge in [0.2, 0.25) is 0 Å². The van der Waals surface area contributed by atoms with Crippen LogP contribution in [0.5, 0.6) is 0 Å². The lowest BCUT2D eigenvalue weighted by Crippen LogP contribution is -2.38. The van der Waals surface area contributed by atoms with Crippen LogP contribution in [0.2, 0.25) is 0 Å². The molecule has 0 fully saturated rings. The highest BCUT2D eigenvalue weighted by Crippen LogP contribution is 2.18. The van der Waals surface area contributed by atoms with Crippen LogP contribution in [0.1, 0.15) is 38.3 Å². The first-order valence-corrected chi connectivity index (χ1v) is 5.89. The van der Waals surface area contributed by atoms with E-state index in [2.05, 4.69) is 5.32 Å². The van der Waals surface area contributed by atoms with E-state index in [1.54, 1.807) is 6.92 Å². The molecule has 5 heteroatoms. The second kappa shape index (κ2) is 6.44. The van der Waals surface area contributed by atoms with Crippen molar-refractivity contribution >= 4 is 5.97 Å². The van der Waals surface area contributed by atoms with Crippen LogP contribution in [-0.4, -0.2) is 17.1 Å². The molecule has 100 valence electrons. The van der Waals surface area contributed by atoms with E-state index < -0.39 is 29.7 Å². The summed E-state index contributed by atoms with van der Waals surface area (Å²) in [6.07, 6.45) is 1.17. The first-order chi connectivity index (χ1) is 8.45. The molecule has 18 heavy (non-hydrogen) atoms. The van der Waals surface area contributed by atoms with Crippen molar-refractivity contribution in [2.24, 2.45) is 0 Å². The number of halogens is 2. The second-order valence-corrected chi connectivity index (χ2v) is 4.23. The number of aliphatic carboxylic acids is 1. The summed E-state index contributed by atoms with van der Waals surface area (Å²) in [6.45, 7) is 3.53. The van der Waals surface area contributed by atoms with Crippen LogP contribution >= 0.6 is 0 Å². The van der Waals surface area contributed by atoms with Crippen molar-refractivity contribution in [3.63, 3.8) is 0 Å². The summed E-state index contributed by atoms with van der Waals surface area (Å²) in [5, 5.41) is 11.8. The molecule has 1 rings (SSSR count). The monoisotopic (exact) mass is 257 g/mol. The zero-order valence-electron chi connectivity index (χ0n) is 10.4. The van der Waals surface area contributed by atoms with Crippen LogP contribution in [-0.2, 0) is 4.79 Å². The van der Waals surface area contributed by atoms with Gasteiger partial charge in [-0.25, -0.2) is 8.78 Å². The lowest BCUT2D eigenvalue weighted by atomic mass is 10.0. The molecule has 0 aliphatic carbocycles. The molecule has 1 aromatic rings. The number of carboxylic acids is 1. The molecule has 2 N–H and O–H groups in total. The average molecular weight is 257 g/mol. The fourth-order valence-electron chi connectivity index (χ4n) is 1.81. The van der Waals surface area contributed by atoms with Gasteiger partial charge < -0.3 is 5.11 Å². The first-order valence-electron chi connectivity index (χ1n) is 5.89. The molecule has 1 aromatic carbocycles. The summed E-state index contributed by atoms with van der Waals surface area (Å²) in [5.74, 6) is -2.28. The summed E-state index contributed by atoms with van der Waals surface area (Å²) < 4.78 is 26.3. The highest BCUT2D eigenvalue weighted by molar-refractivity contribution is 5.73. The smallest absolute Gasteiger partial charge is 0.320 e. The molecule has 0 spiro atoms. The summed E-state index contributed by atoms with van der Waals surface area (Å²) >= 11 is 0. The summed E-state index contributed by atoms with van der Waals surface area (Å²) in [6, 6.07) is 2.07. The fourth-order valence-corrected chi connectivity index (χ4v) is 1.81. The number of hydrogen-bond donors (Lipinski definition) is 2. The Morgan fingerprint density at radius 2 is 2.11 bits per heavy atom. The van der Waals surface area contributed by atoms with Gasteiger partial charge in [0.25, 0.3) is 0 Å². The third-order valence-corrected chi connectivity index (χ3v) is 2.76. The molecule has 0 saturated carbocycles. The molecule has 0 saturated heterocycles. The van der Waals surface area contributed by atoms with Crippen LogP contribution in [0.3, 0.4) is 0 Å². The Morgan fingerprint density at radius 3 is 2.61 bits per heavy atom. The van der Waals surface area contributed by atoms with Crippen molar-refractivity contribution < 1.29 is 18.7 Å². The van der Waals surface area contributed by atoms with E-state index in [0.717, 1.165) is 12.1 Å². The minimum absolute atomic E-state index is 0.263. The van der Waals surface area contributed by atoms with E-state index in [9.17, 15) is 13.6 Å². The van der Waals surface area contributed by atoms with Gasteiger partial charge in [0.15, 0.2) is 0 Å². The minimum atomic E-state index is -0.966. The third-order valence-electron chi connectivity index (χ3n) is 2.76. The van der Waals surface area contributed by atoms with E-state index >= 15 is 0 Å². The number of rotatable bonds is 6. The molecule has 0 heterocycles. The van der Waals surface area contributed by atoms with E-state index in [0.29, 0.717) is 12.8 Å². The van der Waals surface area contributed by atoms with Crippen molar-refractivity contribution in [1.82, 2.24) is 5.32 Å². The third kappa shape index (κ3) is 3.77. The maximum Gasteiger partial charge on any atom is 0.320 e. The molecular weight excluding hydrogens is 240 g/mol. The maximum absolute atomic E-state index is 13.5. The Balaban J connectivity index is 2.80. The predicted octanol–water partition coefficient (Wildman–Crippen LogP) is 2.87. The average Bonchev–Trinajstić information content (AvgIpc) is 2.27. The number of carboxylic acid groups (broad SMARTS) is 1. The van der Waals surface area contributed by atoms with Gasteiger partial charge in [-0.2, -0.15) is 0 Å². The van der Waals surface area contributed by atoms with Crippen LogP contribution in [0.25, 0.3) is 0 Å². The van der Waals surface area contributed by atoms with Crippen molar-refractivity contribution in [1.29, 1.82) is 0 Å². The van der Waals surface area contributed by atoms with Gasteiger partial charge in [-0.1, -0.05) is 19.4 Å². The fraction of sp³-hybridized carbons (Fsp3) is 0.462. The molecule has 0 aliphatic rings. The molecule has 0 aliphatic heterocycles. The molecule has 0 aromatic heterocycles. The van der Waals surface area contributed by atoms with Gasteiger partial charge in [-0.3, -0.25) is 10.1 Å².